The maximum Gasteiger partial charge on any atom is 0.254 e. The van der Waals surface area contributed by atoms with Crippen LogP contribution in [0.25, 0.3) is 0 Å². The third-order valence-corrected chi connectivity index (χ3v) is 5.29. The van der Waals surface area contributed by atoms with Crippen LogP contribution in [0, 0.1) is 27.2 Å². The second-order valence-electron chi connectivity index (χ2n) is 5.79. The minimum absolute atomic E-state index is 0.135. The van der Waals surface area contributed by atoms with Gasteiger partial charge >= 0.3 is 0 Å². The molecule has 5 heteroatoms. The van der Waals surface area contributed by atoms with Gasteiger partial charge in [-0.15, -0.1) is 0 Å². The Labute approximate surface area is 136 Å². The highest BCUT2D eigenvalue weighted by Crippen LogP contribution is 2.52. The topological polar surface area (TPSA) is 49.7 Å². The maximum absolute atomic E-state index is 12.4. The number of imide groups is 1. The van der Waals surface area contributed by atoms with Crippen molar-refractivity contribution in [3.63, 3.8) is 0 Å². The van der Waals surface area contributed by atoms with Gasteiger partial charge in [-0.05, 0) is 58.5 Å². The van der Waals surface area contributed by atoms with Crippen LogP contribution in [0.1, 0.15) is 12.0 Å². The first kappa shape index (κ1) is 13.2. The number of hydrogen-bond acceptors (Lipinski definition) is 3. The number of hydrazone groups is 1. The molecule has 0 N–H and O–H groups in total. The molecule has 1 saturated heterocycles. The van der Waals surface area contributed by atoms with Gasteiger partial charge in [0.05, 0.1) is 18.1 Å². The molecule has 2 fully saturated rings. The molecule has 2 aliphatic carbocycles. The largest absolute Gasteiger partial charge is 0.272 e. The number of allylic oxidation sites excluding steroid dienone is 2. The fraction of sp³-hybridized carbons (Fsp3) is 0.312. The van der Waals surface area contributed by atoms with Crippen LogP contribution in [-0.4, -0.2) is 23.0 Å². The summed E-state index contributed by atoms with van der Waals surface area (Å²) in [5, 5.41) is 5.24. The standard InChI is InChI=1S/C16H13IN2O2/c17-12-3-1-2-9(6-12)8-18-19-15(20)13-10-4-5-11(7-10)14(13)16(19)21/h1-6,8,10-11,13-14H,7H2/b18-8-/t10-,11+,13-,14-/m0/s1. The molecule has 4 atom stereocenters. The van der Waals surface area contributed by atoms with Crippen LogP contribution in [0.4, 0.5) is 0 Å². The van der Waals surface area contributed by atoms with E-state index in [2.05, 4.69) is 39.8 Å². The molecule has 1 saturated carbocycles. The lowest BCUT2D eigenvalue weighted by Gasteiger charge is -2.13. The molecular weight excluding hydrogens is 379 g/mol. The summed E-state index contributed by atoms with van der Waals surface area (Å²) in [6.07, 6.45) is 6.71. The molecule has 0 spiro atoms. The van der Waals surface area contributed by atoms with Crippen molar-refractivity contribution in [2.24, 2.45) is 28.8 Å². The minimum atomic E-state index is -0.180. The van der Waals surface area contributed by atoms with E-state index in [1.54, 1.807) is 6.21 Å². The second kappa shape index (κ2) is 4.76. The summed E-state index contributed by atoms with van der Waals surface area (Å²) < 4.78 is 1.09. The molecule has 1 heterocycles. The lowest BCUT2D eigenvalue weighted by Crippen LogP contribution is -2.28. The van der Waals surface area contributed by atoms with Crippen molar-refractivity contribution < 1.29 is 9.59 Å². The smallest absolute Gasteiger partial charge is 0.254 e. The fourth-order valence-corrected chi connectivity index (χ4v) is 4.28. The van der Waals surface area contributed by atoms with Crippen LogP contribution in [0.3, 0.4) is 0 Å². The summed E-state index contributed by atoms with van der Waals surface area (Å²) in [6.45, 7) is 0. The van der Waals surface area contributed by atoms with Crippen molar-refractivity contribution in [3.8, 4) is 0 Å². The van der Waals surface area contributed by atoms with Crippen molar-refractivity contribution in [3.05, 3.63) is 45.6 Å². The monoisotopic (exact) mass is 392 g/mol. The van der Waals surface area contributed by atoms with Gasteiger partial charge in [-0.2, -0.15) is 10.1 Å². The molecule has 4 nitrogen and oxygen atoms in total. The van der Waals surface area contributed by atoms with E-state index in [-0.39, 0.29) is 35.5 Å². The predicted molar refractivity (Wildman–Crippen MR) is 86.3 cm³/mol. The number of rotatable bonds is 2. The van der Waals surface area contributed by atoms with Gasteiger partial charge in [0.1, 0.15) is 0 Å². The molecule has 106 valence electrons. The summed E-state index contributed by atoms with van der Waals surface area (Å²) in [6, 6.07) is 7.78. The van der Waals surface area contributed by atoms with E-state index in [1.807, 2.05) is 24.3 Å². The van der Waals surface area contributed by atoms with E-state index in [1.165, 1.54) is 0 Å². The van der Waals surface area contributed by atoms with Crippen LogP contribution in [0.5, 0.6) is 0 Å². The number of nitrogens with zero attached hydrogens (tertiary/aromatic N) is 2. The molecule has 0 aromatic heterocycles. The van der Waals surface area contributed by atoms with Gasteiger partial charge in [0.25, 0.3) is 11.8 Å². The summed E-state index contributed by atoms with van der Waals surface area (Å²) in [5.41, 5.74) is 0.889. The Bertz CT molecular complexity index is 667. The van der Waals surface area contributed by atoms with Crippen molar-refractivity contribution in [1.29, 1.82) is 0 Å². The number of amides is 2. The molecule has 0 radical (unpaired) electrons. The third-order valence-electron chi connectivity index (χ3n) is 4.62. The molecular formula is C16H13IN2O2. The number of benzene rings is 1. The lowest BCUT2D eigenvalue weighted by atomic mass is 9.85. The van der Waals surface area contributed by atoms with Crippen molar-refractivity contribution in [2.45, 2.75) is 6.42 Å². The van der Waals surface area contributed by atoms with Crippen LogP contribution in [0.15, 0.2) is 41.5 Å². The van der Waals surface area contributed by atoms with E-state index in [0.717, 1.165) is 20.6 Å². The summed E-state index contributed by atoms with van der Waals surface area (Å²) >= 11 is 2.22. The summed E-state index contributed by atoms with van der Waals surface area (Å²) in [5.74, 6) is -0.169. The molecule has 0 unspecified atom stereocenters. The number of fused-ring (bicyclic) bond motifs is 5. The zero-order valence-electron chi connectivity index (χ0n) is 11.1. The van der Waals surface area contributed by atoms with Crippen LogP contribution >= 0.6 is 22.6 Å². The van der Waals surface area contributed by atoms with Crippen molar-refractivity contribution in [2.75, 3.05) is 0 Å². The second-order valence-corrected chi connectivity index (χ2v) is 7.03. The number of hydrogen-bond donors (Lipinski definition) is 0. The van der Waals surface area contributed by atoms with Gasteiger partial charge in [-0.3, -0.25) is 9.59 Å². The van der Waals surface area contributed by atoms with E-state index in [0.29, 0.717) is 0 Å². The average Bonchev–Trinajstić information content (AvgIpc) is 3.12. The van der Waals surface area contributed by atoms with Crippen LogP contribution in [0.2, 0.25) is 0 Å². The zero-order valence-corrected chi connectivity index (χ0v) is 13.3. The lowest BCUT2D eigenvalue weighted by molar-refractivity contribution is -0.140. The Morgan fingerprint density at radius 2 is 1.81 bits per heavy atom. The number of halogens is 1. The summed E-state index contributed by atoms with van der Waals surface area (Å²) in [7, 11) is 0. The summed E-state index contributed by atoms with van der Waals surface area (Å²) in [4.78, 5) is 24.9. The first-order chi connectivity index (χ1) is 10.1. The third kappa shape index (κ3) is 1.97. The highest BCUT2D eigenvalue weighted by Gasteiger charge is 2.59. The Hall–Kier alpha value is -1.50. The molecule has 1 aromatic carbocycles. The number of carbonyl (C=O) groups is 2. The van der Waals surface area contributed by atoms with Gasteiger partial charge in [-0.1, -0.05) is 24.3 Å². The average molecular weight is 392 g/mol. The van der Waals surface area contributed by atoms with Crippen molar-refractivity contribution >= 4 is 40.6 Å². The number of carbonyl (C=O) groups excluding carboxylic acids is 2. The Balaban J connectivity index is 1.60. The normalized spacial score (nSPS) is 33.5. The molecule has 2 bridgehead atoms. The zero-order chi connectivity index (χ0) is 14.6. The quantitative estimate of drug-likeness (QED) is 0.336. The SMILES string of the molecule is O=C1[C@@H]2[C@@H](C(=O)N1/N=C\c1cccc(I)c1)[C@H]1C=C[C@@H]2C1. The molecule has 3 aliphatic rings. The van der Waals surface area contributed by atoms with Gasteiger partial charge in [0.2, 0.25) is 0 Å². The molecule has 1 aromatic rings. The fourth-order valence-electron chi connectivity index (χ4n) is 3.71. The van der Waals surface area contributed by atoms with Gasteiger partial charge in [0, 0.05) is 3.57 Å². The molecule has 21 heavy (non-hydrogen) atoms. The molecule has 2 amide bonds. The first-order valence-electron chi connectivity index (χ1n) is 7.01. The van der Waals surface area contributed by atoms with E-state index < -0.39 is 0 Å². The first-order valence-corrected chi connectivity index (χ1v) is 8.09. The van der Waals surface area contributed by atoms with Gasteiger partial charge in [-0.25, -0.2) is 0 Å². The van der Waals surface area contributed by atoms with E-state index in [9.17, 15) is 9.59 Å². The maximum atomic E-state index is 12.4. The molecule has 1 aliphatic heterocycles. The van der Waals surface area contributed by atoms with E-state index >= 15 is 0 Å². The van der Waals surface area contributed by atoms with Gasteiger partial charge in [0.15, 0.2) is 0 Å². The van der Waals surface area contributed by atoms with Crippen LogP contribution < -0.4 is 0 Å². The Kier molecular flexibility index (Phi) is 2.99. The molecule has 4 rings (SSSR count). The van der Waals surface area contributed by atoms with E-state index in [4.69, 9.17) is 0 Å². The predicted octanol–water partition coefficient (Wildman–Crippen LogP) is 2.43. The van der Waals surface area contributed by atoms with Crippen molar-refractivity contribution in [1.82, 2.24) is 5.01 Å². The minimum Gasteiger partial charge on any atom is -0.272 e. The highest BCUT2D eigenvalue weighted by atomic mass is 127. The Morgan fingerprint density at radius 3 is 2.43 bits per heavy atom. The van der Waals surface area contributed by atoms with Gasteiger partial charge < -0.3 is 0 Å². The highest BCUT2D eigenvalue weighted by molar-refractivity contribution is 14.1. The van der Waals surface area contributed by atoms with Crippen LogP contribution in [-0.2, 0) is 9.59 Å². The Morgan fingerprint density at radius 1 is 1.14 bits per heavy atom.